The van der Waals surface area contributed by atoms with Gasteiger partial charge in [0.25, 0.3) is 0 Å². The molecular weight excluding hydrogens is 148 g/mol. The fourth-order valence-corrected chi connectivity index (χ4v) is 0.638. The third kappa shape index (κ3) is 2.01. The number of rotatable bonds is 3. The van der Waals surface area contributed by atoms with Crippen LogP contribution in [0.1, 0.15) is 5.69 Å². The number of H-pyrrole nitrogens is 1. The average Bonchev–Trinajstić information content (AvgIpc) is 2.39. The van der Waals surface area contributed by atoms with Gasteiger partial charge in [-0.15, -0.1) is 5.10 Å². The number of nitrogens with one attached hydrogen (secondary N) is 1. The Labute approximate surface area is 62.4 Å². The molecule has 0 aliphatic rings. The summed E-state index contributed by atoms with van der Waals surface area (Å²) >= 11 is 0. The molecule has 0 spiro atoms. The van der Waals surface area contributed by atoms with Crippen LogP contribution in [0.4, 0.5) is 0 Å². The summed E-state index contributed by atoms with van der Waals surface area (Å²) in [6, 6.07) is -0.903. The van der Waals surface area contributed by atoms with Crippen molar-refractivity contribution in [1.82, 2.24) is 15.4 Å². The lowest BCUT2D eigenvalue weighted by atomic mass is 10.2. The number of hydrogen-bond acceptors (Lipinski definition) is 4. The van der Waals surface area contributed by atoms with Crippen LogP contribution in [0.5, 0.6) is 0 Å². The number of aromatic amines is 1. The van der Waals surface area contributed by atoms with Crippen molar-refractivity contribution in [1.29, 1.82) is 0 Å². The molecule has 0 aliphatic carbocycles. The molecule has 1 rings (SSSR count). The second kappa shape index (κ2) is 3.11. The van der Waals surface area contributed by atoms with Crippen LogP contribution in [-0.2, 0) is 11.2 Å². The van der Waals surface area contributed by atoms with Gasteiger partial charge in [-0.2, -0.15) is 0 Å². The van der Waals surface area contributed by atoms with Gasteiger partial charge in [-0.1, -0.05) is 5.21 Å². The van der Waals surface area contributed by atoms with E-state index in [1.165, 1.54) is 6.20 Å². The second-order valence-electron chi connectivity index (χ2n) is 2.11. The molecule has 4 N–H and O–H groups in total. The molecule has 6 nitrogen and oxygen atoms in total. The minimum Gasteiger partial charge on any atom is -0.480 e. The summed E-state index contributed by atoms with van der Waals surface area (Å²) in [5, 5.41) is 17.9. The summed E-state index contributed by atoms with van der Waals surface area (Å²) in [5.41, 5.74) is 5.78. The maximum absolute atomic E-state index is 10.2. The lowest BCUT2D eigenvalue weighted by molar-refractivity contribution is -0.138. The Hall–Kier alpha value is -1.43. The Morgan fingerprint density at radius 1 is 1.91 bits per heavy atom. The molecular formula is C5H8N4O2. The zero-order chi connectivity index (χ0) is 8.27. The number of hydrogen-bond donors (Lipinski definition) is 3. The molecule has 0 unspecified atom stereocenters. The molecule has 0 bridgehead atoms. The zero-order valence-corrected chi connectivity index (χ0v) is 5.69. The standard InChI is InChI=1S/C5H8N4O2/c6-4(5(10)11)1-3-2-7-9-8-3/h2,4H,1,6H2,(H,10,11)(H,7,8,9)/t4-/m0/s1. The number of nitrogens with zero attached hydrogens (tertiary/aromatic N) is 2. The summed E-state index contributed by atoms with van der Waals surface area (Å²) in [5.74, 6) is -1.03. The molecule has 60 valence electrons. The summed E-state index contributed by atoms with van der Waals surface area (Å²) in [7, 11) is 0. The molecule has 1 aromatic rings. The van der Waals surface area contributed by atoms with E-state index in [1.807, 2.05) is 0 Å². The van der Waals surface area contributed by atoms with E-state index in [9.17, 15) is 4.79 Å². The molecule has 0 saturated heterocycles. The topological polar surface area (TPSA) is 105 Å². The van der Waals surface area contributed by atoms with Crippen LogP contribution in [0.25, 0.3) is 0 Å². The van der Waals surface area contributed by atoms with Crippen LogP contribution < -0.4 is 5.73 Å². The Morgan fingerprint density at radius 3 is 3.09 bits per heavy atom. The highest BCUT2D eigenvalue weighted by Gasteiger charge is 2.12. The monoisotopic (exact) mass is 156 g/mol. The van der Waals surface area contributed by atoms with Crippen molar-refractivity contribution >= 4 is 5.97 Å². The SMILES string of the molecule is N[C@@H](Cc1c[nH]nn1)C(=O)O. The molecule has 0 radical (unpaired) electrons. The Balaban J connectivity index is 2.50. The minimum absolute atomic E-state index is 0.200. The third-order valence-corrected chi connectivity index (χ3v) is 1.21. The highest BCUT2D eigenvalue weighted by atomic mass is 16.4. The highest BCUT2D eigenvalue weighted by Crippen LogP contribution is 1.93. The van der Waals surface area contributed by atoms with Crippen molar-refractivity contribution in [3.8, 4) is 0 Å². The van der Waals surface area contributed by atoms with Gasteiger partial charge in [-0.25, -0.2) is 0 Å². The number of nitrogens with two attached hydrogens (primary N) is 1. The van der Waals surface area contributed by atoms with Gasteiger partial charge >= 0.3 is 5.97 Å². The van der Waals surface area contributed by atoms with E-state index in [2.05, 4.69) is 15.4 Å². The van der Waals surface area contributed by atoms with E-state index in [4.69, 9.17) is 10.8 Å². The van der Waals surface area contributed by atoms with Gasteiger partial charge in [-0.3, -0.25) is 9.89 Å². The van der Waals surface area contributed by atoms with Gasteiger partial charge in [0, 0.05) is 12.6 Å². The van der Waals surface area contributed by atoms with E-state index in [0.29, 0.717) is 5.69 Å². The number of aromatic nitrogens is 3. The Kier molecular flexibility index (Phi) is 2.17. The first-order valence-electron chi connectivity index (χ1n) is 3.04. The average molecular weight is 156 g/mol. The van der Waals surface area contributed by atoms with Gasteiger partial charge in [0.15, 0.2) is 0 Å². The Morgan fingerprint density at radius 2 is 2.64 bits per heavy atom. The molecule has 0 saturated carbocycles. The Bertz CT molecular complexity index is 233. The smallest absolute Gasteiger partial charge is 0.320 e. The quantitative estimate of drug-likeness (QED) is 0.507. The lowest BCUT2D eigenvalue weighted by Crippen LogP contribution is -2.32. The van der Waals surface area contributed by atoms with Gasteiger partial charge < -0.3 is 10.8 Å². The van der Waals surface area contributed by atoms with Crippen molar-refractivity contribution in [2.24, 2.45) is 5.73 Å². The molecule has 0 aromatic carbocycles. The summed E-state index contributed by atoms with van der Waals surface area (Å²) < 4.78 is 0. The molecule has 6 heteroatoms. The lowest BCUT2D eigenvalue weighted by Gasteiger charge is -2.00. The largest absolute Gasteiger partial charge is 0.480 e. The highest BCUT2D eigenvalue weighted by molar-refractivity contribution is 5.73. The number of carbonyl (C=O) groups is 1. The number of carboxylic acid groups (broad SMARTS) is 1. The predicted molar refractivity (Wildman–Crippen MR) is 35.7 cm³/mol. The molecule has 0 aliphatic heterocycles. The van der Waals surface area contributed by atoms with Crippen molar-refractivity contribution in [3.63, 3.8) is 0 Å². The molecule has 1 heterocycles. The first kappa shape index (κ1) is 7.67. The summed E-state index contributed by atoms with van der Waals surface area (Å²) in [4.78, 5) is 10.2. The van der Waals surface area contributed by atoms with Crippen LogP contribution in [0, 0.1) is 0 Å². The van der Waals surface area contributed by atoms with E-state index in [1.54, 1.807) is 0 Å². The van der Waals surface area contributed by atoms with Gasteiger partial charge in [0.1, 0.15) is 6.04 Å². The van der Waals surface area contributed by atoms with Crippen LogP contribution in [-0.4, -0.2) is 32.5 Å². The minimum atomic E-state index is -1.03. The van der Waals surface area contributed by atoms with E-state index >= 15 is 0 Å². The fraction of sp³-hybridized carbons (Fsp3) is 0.400. The molecule has 0 fully saturated rings. The van der Waals surface area contributed by atoms with Crippen LogP contribution >= 0.6 is 0 Å². The summed E-state index contributed by atoms with van der Waals surface area (Å²) in [6.07, 6.45) is 1.72. The van der Waals surface area contributed by atoms with Crippen LogP contribution in [0.15, 0.2) is 6.20 Å². The maximum Gasteiger partial charge on any atom is 0.320 e. The normalized spacial score (nSPS) is 12.8. The predicted octanol–water partition coefficient (Wildman–Crippen LogP) is -1.24. The first-order valence-corrected chi connectivity index (χ1v) is 3.04. The van der Waals surface area contributed by atoms with E-state index in [0.717, 1.165) is 0 Å². The van der Waals surface area contributed by atoms with Crippen LogP contribution in [0.2, 0.25) is 0 Å². The van der Waals surface area contributed by atoms with Crippen LogP contribution in [0.3, 0.4) is 0 Å². The molecule has 1 aromatic heterocycles. The van der Waals surface area contributed by atoms with Gasteiger partial charge in [-0.05, 0) is 0 Å². The molecule has 11 heavy (non-hydrogen) atoms. The van der Waals surface area contributed by atoms with E-state index < -0.39 is 12.0 Å². The fourth-order valence-electron chi connectivity index (χ4n) is 0.638. The van der Waals surface area contributed by atoms with E-state index in [-0.39, 0.29) is 6.42 Å². The second-order valence-corrected chi connectivity index (χ2v) is 2.11. The number of aliphatic carboxylic acids is 1. The third-order valence-electron chi connectivity index (χ3n) is 1.21. The maximum atomic E-state index is 10.2. The molecule has 0 amide bonds. The first-order chi connectivity index (χ1) is 5.20. The zero-order valence-electron chi connectivity index (χ0n) is 5.69. The van der Waals surface area contributed by atoms with Crippen molar-refractivity contribution in [3.05, 3.63) is 11.9 Å². The van der Waals surface area contributed by atoms with Gasteiger partial charge in [0.05, 0.1) is 5.69 Å². The van der Waals surface area contributed by atoms with Crippen molar-refractivity contribution < 1.29 is 9.90 Å². The van der Waals surface area contributed by atoms with Gasteiger partial charge in [0.2, 0.25) is 0 Å². The molecule has 1 atom stereocenters. The van der Waals surface area contributed by atoms with Crippen molar-refractivity contribution in [2.45, 2.75) is 12.5 Å². The summed E-state index contributed by atoms with van der Waals surface area (Å²) in [6.45, 7) is 0. The van der Waals surface area contributed by atoms with Crippen molar-refractivity contribution in [2.75, 3.05) is 0 Å². The number of carboxylic acids is 1.